The lowest BCUT2D eigenvalue weighted by Crippen LogP contribution is -2.53. The third-order valence-corrected chi connectivity index (χ3v) is 5.22. The molecule has 0 radical (unpaired) electrons. The second-order valence-electron chi connectivity index (χ2n) is 8.81. The quantitative estimate of drug-likeness (QED) is 0.833. The van der Waals surface area contributed by atoms with Crippen molar-refractivity contribution in [3.63, 3.8) is 0 Å². The molecule has 24 heavy (non-hydrogen) atoms. The Morgan fingerprint density at radius 1 is 1.25 bits per heavy atom. The van der Waals surface area contributed by atoms with E-state index in [2.05, 4.69) is 49.7 Å². The van der Waals surface area contributed by atoms with Gasteiger partial charge >= 0.3 is 0 Å². The van der Waals surface area contributed by atoms with Crippen molar-refractivity contribution < 1.29 is 9.53 Å². The molecule has 140 valence electrons. The Hall–Kier alpha value is -0.650. The smallest absolute Gasteiger partial charge is 0.223 e. The van der Waals surface area contributed by atoms with Crippen molar-refractivity contribution in [3.8, 4) is 0 Å². The average molecular weight is 340 g/mol. The van der Waals surface area contributed by atoms with Gasteiger partial charge in [-0.15, -0.1) is 0 Å². The molecule has 5 heteroatoms. The maximum absolute atomic E-state index is 12.3. The van der Waals surface area contributed by atoms with Crippen LogP contribution in [0.1, 0.15) is 53.9 Å². The molecule has 0 aromatic rings. The van der Waals surface area contributed by atoms with E-state index < -0.39 is 0 Å². The molecule has 0 spiro atoms. The molecule has 2 heterocycles. The summed E-state index contributed by atoms with van der Waals surface area (Å²) in [7, 11) is 0. The van der Waals surface area contributed by atoms with Gasteiger partial charge in [0.2, 0.25) is 5.91 Å². The zero-order valence-corrected chi connectivity index (χ0v) is 16.3. The first-order valence-electron chi connectivity index (χ1n) is 9.61. The summed E-state index contributed by atoms with van der Waals surface area (Å²) < 4.78 is 5.53. The third kappa shape index (κ3) is 6.01. The number of rotatable bonds is 5. The topological polar surface area (TPSA) is 44.8 Å². The van der Waals surface area contributed by atoms with Crippen molar-refractivity contribution in [1.29, 1.82) is 0 Å². The molecule has 2 unspecified atom stereocenters. The average Bonchev–Trinajstić information content (AvgIpc) is 2.52. The monoisotopic (exact) mass is 339 g/mol. The largest absolute Gasteiger partial charge is 0.379 e. The number of piperidine rings is 1. The van der Waals surface area contributed by atoms with Crippen LogP contribution in [-0.4, -0.2) is 73.2 Å². The van der Waals surface area contributed by atoms with Gasteiger partial charge in [-0.2, -0.15) is 0 Å². The van der Waals surface area contributed by atoms with Crippen LogP contribution in [0.5, 0.6) is 0 Å². The van der Waals surface area contributed by atoms with Crippen LogP contribution in [0.3, 0.4) is 0 Å². The van der Waals surface area contributed by atoms with Gasteiger partial charge < -0.3 is 15.0 Å². The lowest BCUT2D eigenvalue weighted by molar-refractivity contribution is -0.134. The molecule has 0 aromatic heterocycles. The summed E-state index contributed by atoms with van der Waals surface area (Å²) in [4.78, 5) is 16.9. The first-order chi connectivity index (χ1) is 11.3. The molecule has 1 N–H and O–H groups in total. The summed E-state index contributed by atoms with van der Waals surface area (Å²) in [5.74, 6) is 0.316. The number of carbonyl (C=O) groups is 1. The summed E-state index contributed by atoms with van der Waals surface area (Å²) in [5, 5.41) is 3.73. The predicted molar refractivity (Wildman–Crippen MR) is 98.1 cm³/mol. The molecular weight excluding hydrogens is 302 g/mol. The van der Waals surface area contributed by atoms with Gasteiger partial charge in [-0.25, -0.2) is 0 Å². The molecule has 2 atom stereocenters. The zero-order chi connectivity index (χ0) is 17.7. The molecule has 2 fully saturated rings. The van der Waals surface area contributed by atoms with Crippen LogP contribution >= 0.6 is 0 Å². The van der Waals surface area contributed by atoms with Crippen LogP contribution in [0, 0.1) is 5.41 Å². The Balaban J connectivity index is 1.68. The Bertz CT molecular complexity index is 400. The van der Waals surface area contributed by atoms with Crippen molar-refractivity contribution in [3.05, 3.63) is 0 Å². The fourth-order valence-corrected chi connectivity index (χ4v) is 3.75. The summed E-state index contributed by atoms with van der Waals surface area (Å²) in [6.45, 7) is 16.5. The minimum Gasteiger partial charge on any atom is -0.379 e. The van der Waals surface area contributed by atoms with Crippen molar-refractivity contribution in [2.45, 2.75) is 72.0 Å². The van der Waals surface area contributed by atoms with Crippen LogP contribution in [0.25, 0.3) is 0 Å². The SMILES string of the molecule is CC(CNC1CCN(C(=O)CC(C)(C)C)CC1)N1CCOCC1C. The number of hydrogen-bond donors (Lipinski definition) is 1. The van der Waals surface area contributed by atoms with E-state index in [0.717, 1.165) is 52.2 Å². The standard InChI is InChI=1S/C19H37N3O2/c1-15(22-10-11-24-14-16(22)2)13-20-17-6-8-21(9-7-17)18(23)12-19(3,4)5/h15-17,20H,6-14H2,1-5H3. The van der Waals surface area contributed by atoms with E-state index in [9.17, 15) is 4.79 Å². The molecule has 5 nitrogen and oxygen atoms in total. The third-order valence-electron chi connectivity index (χ3n) is 5.22. The first-order valence-corrected chi connectivity index (χ1v) is 9.61. The summed E-state index contributed by atoms with van der Waals surface area (Å²) in [6.07, 6.45) is 2.79. The minimum absolute atomic E-state index is 0.0798. The Kier molecular flexibility index (Phi) is 7.08. The number of nitrogens with one attached hydrogen (secondary N) is 1. The maximum Gasteiger partial charge on any atom is 0.223 e. The summed E-state index contributed by atoms with van der Waals surface area (Å²) >= 11 is 0. The normalized spacial score (nSPS) is 25.7. The number of amides is 1. The van der Waals surface area contributed by atoms with Crippen molar-refractivity contribution in [1.82, 2.24) is 15.1 Å². The second kappa shape index (κ2) is 8.63. The predicted octanol–water partition coefficient (Wildman–Crippen LogP) is 2.11. The molecule has 2 rings (SSSR count). The highest BCUT2D eigenvalue weighted by atomic mass is 16.5. The van der Waals surface area contributed by atoms with E-state index in [1.807, 2.05) is 0 Å². The molecule has 0 aromatic carbocycles. The Labute approximate surface area is 148 Å². The van der Waals surface area contributed by atoms with E-state index in [0.29, 0.717) is 30.5 Å². The molecule has 2 saturated heterocycles. The van der Waals surface area contributed by atoms with Crippen LogP contribution in [0.2, 0.25) is 0 Å². The van der Waals surface area contributed by atoms with Gasteiger partial charge in [0.05, 0.1) is 13.2 Å². The fourth-order valence-electron chi connectivity index (χ4n) is 3.75. The molecule has 0 aliphatic carbocycles. The van der Waals surface area contributed by atoms with Gasteiger partial charge in [0.25, 0.3) is 0 Å². The number of ether oxygens (including phenoxy) is 1. The van der Waals surface area contributed by atoms with Crippen LogP contribution in [0.4, 0.5) is 0 Å². The molecule has 0 saturated carbocycles. The fraction of sp³-hybridized carbons (Fsp3) is 0.947. The minimum atomic E-state index is 0.0798. The van der Waals surface area contributed by atoms with Crippen molar-refractivity contribution >= 4 is 5.91 Å². The van der Waals surface area contributed by atoms with Gasteiger partial charge in [-0.1, -0.05) is 20.8 Å². The van der Waals surface area contributed by atoms with Crippen LogP contribution in [0.15, 0.2) is 0 Å². The molecular formula is C19H37N3O2. The van der Waals surface area contributed by atoms with Gasteiger partial charge in [0.15, 0.2) is 0 Å². The summed E-state index contributed by atoms with van der Waals surface area (Å²) in [6, 6.07) is 1.58. The van der Waals surface area contributed by atoms with Crippen LogP contribution < -0.4 is 5.32 Å². The maximum atomic E-state index is 12.3. The van der Waals surface area contributed by atoms with Crippen molar-refractivity contribution in [2.24, 2.45) is 5.41 Å². The Morgan fingerprint density at radius 3 is 2.50 bits per heavy atom. The number of hydrogen-bond acceptors (Lipinski definition) is 4. The second-order valence-corrected chi connectivity index (χ2v) is 8.81. The highest BCUT2D eigenvalue weighted by Crippen LogP contribution is 2.21. The van der Waals surface area contributed by atoms with Gasteiger partial charge in [0, 0.05) is 50.7 Å². The first kappa shape index (κ1) is 19.7. The van der Waals surface area contributed by atoms with E-state index in [1.165, 1.54) is 0 Å². The van der Waals surface area contributed by atoms with Gasteiger partial charge in [0.1, 0.15) is 0 Å². The molecule has 0 bridgehead atoms. The number of nitrogens with zero attached hydrogens (tertiary/aromatic N) is 2. The van der Waals surface area contributed by atoms with Crippen LogP contribution in [-0.2, 0) is 9.53 Å². The zero-order valence-electron chi connectivity index (χ0n) is 16.3. The number of morpholine rings is 1. The Morgan fingerprint density at radius 2 is 1.92 bits per heavy atom. The highest BCUT2D eigenvalue weighted by Gasteiger charge is 2.27. The van der Waals surface area contributed by atoms with E-state index >= 15 is 0 Å². The van der Waals surface area contributed by atoms with E-state index in [-0.39, 0.29) is 5.41 Å². The molecule has 2 aliphatic rings. The number of carbonyl (C=O) groups excluding carboxylic acids is 1. The van der Waals surface area contributed by atoms with E-state index in [1.54, 1.807) is 0 Å². The van der Waals surface area contributed by atoms with Crippen molar-refractivity contribution in [2.75, 3.05) is 39.4 Å². The van der Waals surface area contributed by atoms with Gasteiger partial charge in [-0.05, 0) is 32.1 Å². The molecule has 1 amide bonds. The highest BCUT2D eigenvalue weighted by molar-refractivity contribution is 5.76. The van der Waals surface area contributed by atoms with Gasteiger partial charge in [-0.3, -0.25) is 9.69 Å². The number of likely N-dealkylation sites (tertiary alicyclic amines) is 1. The lowest BCUT2D eigenvalue weighted by Gasteiger charge is -2.39. The molecule has 2 aliphatic heterocycles. The summed E-state index contributed by atoms with van der Waals surface area (Å²) in [5.41, 5.74) is 0.0798. The van der Waals surface area contributed by atoms with E-state index in [4.69, 9.17) is 4.74 Å². The lowest BCUT2D eigenvalue weighted by atomic mass is 9.91.